The number of anilines is 1. The Morgan fingerprint density at radius 2 is 1.97 bits per heavy atom. The van der Waals surface area contributed by atoms with Crippen LogP contribution >= 0.6 is 0 Å². The van der Waals surface area contributed by atoms with Crippen molar-refractivity contribution in [2.24, 2.45) is 5.92 Å². The molecule has 0 aliphatic carbocycles. The average Bonchev–Trinajstić information content (AvgIpc) is 3.22. The van der Waals surface area contributed by atoms with E-state index in [1.54, 1.807) is 12.1 Å². The van der Waals surface area contributed by atoms with Crippen LogP contribution < -0.4 is 10.1 Å². The minimum atomic E-state index is -3.65. The van der Waals surface area contributed by atoms with Crippen molar-refractivity contribution in [2.45, 2.75) is 17.7 Å². The third kappa shape index (κ3) is 3.99. The number of hydrogen-bond donors (Lipinski definition) is 2. The van der Waals surface area contributed by atoms with Crippen LogP contribution in [0.15, 0.2) is 59.6 Å². The number of amides is 1. The lowest BCUT2D eigenvalue weighted by Gasteiger charge is -2.31. The Kier molecular flexibility index (Phi) is 5.29. The van der Waals surface area contributed by atoms with Crippen LogP contribution in [0.4, 0.5) is 5.69 Å². The number of ether oxygens (including phenoxy) is 1. The van der Waals surface area contributed by atoms with Crippen molar-refractivity contribution in [3.8, 4) is 5.75 Å². The number of hydrogen-bond acceptors (Lipinski definition) is 4. The first-order valence-corrected chi connectivity index (χ1v) is 10.9. The molecule has 0 spiro atoms. The molecular weight excluding hydrogens is 390 g/mol. The smallest absolute Gasteiger partial charge is 0.243 e. The van der Waals surface area contributed by atoms with Crippen molar-refractivity contribution >= 4 is 32.5 Å². The standard InChI is InChI=1S/C21H23N3O4S/c1-28-18-5-7-19(8-6-18)29(26,27)24-12-2-3-16(14-24)21(25)23-17-4-9-20-15(13-17)10-11-22-20/h4-11,13,16,22H,2-3,12,14H2,1H3,(H,23,25)/t16-/m0/s1. The van der Waals surface area contributed by atoms with Crippen molar-refractivity contribution in [1.82, 2.24) is 9.29 Å². The Morgan fingerprint density at radius 3 is 2.72 bits per heavy atom. The van der Waals surface area contributed by atoms with Crippen LogP contribution in [0, 0.1) is 5.92 Å². The molecule has 0 radical (unpaired) electrons. The highest BCUT2D eigenvalue weighted by Crippen LogP contribution is 2.26. The van der Waals surface area contributed by atoms with Gasteiger partial charge in [-0.1, -0.05) is 0 Å². The highest BCUT2D eigenvalue weighted by molar-refractivity contribution is 7.89. The lowest BCUT2D eigenvalue weighted by molar-refractivity contribution is -0.120. The number of fused-ring (bicyclic) bond motifs is 1. The Hall–Kier alpha value is -2.84. The van der Waals surface area contributed by atoms with Gasteiger partial charge in [0.15, 0.2) is 0 Å². The molecular formula is C21H23N3O4S. The Labute approximate surface area is 169 Å². The predicted octanol–water partition coefficient (Wildman–Crippen LogP) is 3.22. The highest BCUT2D eigenvalue weighted by atomic mass is 32.2. The van der Waals surface area contributed by atoms with Crippen LogP contribution in [0.1, 0.15) is 12.8 Å². The zero-order valence-corrected chi connectivity index (χ0v) is 16.9. The minimum Gasteiger partial charge on any atom is -0.497 e. The second-order valence-electron chi connectivity index (χ2n) is 7.15. The number of nitrogens with zero attached hydrogens (tertiary/aromatic N) is 1. The molecule has 0 saturated carbocycles. The first-order valence-electron chi connectivity index (χ1n) is 9.49. The fourth-order valence-corrected chi connectivity index (χ4v) is 5.17. The molecule has 1 fully saturated rings. The van der Waals surface area contributed by atoms with E-state index >= 15 is 0 Å². The van der Waals surface area contributed by atoms with Gasteiger partial charge in [-0.3, -0.25) is 4.79 Å². The fraction of sp³-hybridized carbons (Fsp3) is 0.286. The van der Waals surface area contributed by atoms with Crippen molar-refractivity contribution < 1.29 is 17.9 Å². The van der Waals surface area contributed by atoms with Gasteiger partial charge in [0.25, 0.3) is 0 Å². The summed E-state index contributed by atoms with van der Waals surface area (Å²) in [6.45, 7) is 0.583. The van der Waals surface area contributed by atoms with Gasteiger partial charge in [-0.25, -0.2) is 8.42 Å². The molecule has 1 aliphatic heterocycles. The molecule has 29 heavy (non-hydrogen) atoms. The molecule has 1 aromatic heterocycles. The van der Waals surface area contributed by atoms with E-state index in [9.17, 15) is 13.2 Å². The Bertz CT molecular complexity index is 1120. The van der Waals surface area contributed by atoms with Crippen molar-refractivity contribution in [3.63, 3.8) is 0 Å². The number of aromatic nitrogens is 1. The molecule has 1 saturated heterocycles. The average molecular weight is 413 g/mol. The summed E-state index contributed by atoms with van der Waals surface area (Å²) in [5.74, 6) is 0.0486. The number of rotatable bonds is 5. The SMILES string of the molecule is COc1ccc(S(=O)(=O)N2CCC[C@H](C(=O)Nc3ccc4[nH]ccc4c3)C2)cc1. The summed E-state index contributed by atoms with van der Waals surface area (Å²) in [6.07, 6.45) is 3.15. The number of aromatic amines is 1. The van der Waals surface area contributed by atoms with Crippen molar-refractivity contribution in [2.75, 3.05) is 25.5 Å². The number of nitrogens with one attached hydrogen (secondary N) is 2. The molecule has 1 atom stereocenters. The zero-order valence-electron chi connectivity index (χ0n) is 16.1. The molecule has 4 rings (SSSR count). The molecule has 8 heteroatoms. The number of benzene rings is 2. The van der Waals surface area contributed by atoms with Crippen LogP contribution in [0.25, 0.3) is 10.9 Å². The summed E-state index contributed by atoms with van der Waals surface area (Å²) in [6, 6.07) is 13.9. The van der Waals surface area contributed by atoms with E-state index in [1.165, 1.54) is 23.5 Å². The summed E-state index contributed by atoms with van der Waals surface area (Å²) >= 11 is 0. The maximum atomic E-state index is 13.0. The number of methoxy groups -OCH3 is 1. The molecule has 152 valence electrons. The number of carbonyl (C=O) groups is 1. The lowest BCUT2D eigenvalue weighted by Crippen LogP contribution is -2.43. The number of carbonyl (C=O) groups excluding carboxylic acids is 1. The molecule has 3 aromatic rings. The van der Waals surface area contributed by atoms with Crippen LogP contribution in [-0.4, -0.2) is 43.8 Å². The maximum Gasteiger partial charge on any atom is 0.243 e. The molecule has 7 nitrogen and oxygen atoms in total. The molecule has 2 aromatic carbocycles. The summed E-state index contributed by atoms with van der Waals surface area (Å²) in [7, 11) is -2.12. The van der Waals surface area contributed by atoms with Gasteiger partial charge < -0.3 is 15.0 Å². The van der Waals surface area contributed by atoms with E-state index in [4.69, 9.17) is 4.74 Å². The van der Waals surface area contributed by atoms with Crippen LogP contribution in [-0.2, 0) is 14.8 Å². The topological polar surface area (TPSA) is 91.5 Å². The van der Waals surface area contributed by atoms with Crippen molar-refractivity contribution in [3.05, 3.63) is 54.7 Å². The monoisotopic (exact) mass is 413 g/mol. The van der Waals surface area contributed by atoms with Crippen LogP contribution in [0.5, 0.6) is 5.75 Å². The summed E-state index contributed by atoms with van der Waals surface area (Å²) in [5.41, 5.74) is 1.70. The summed E-state index contributed by atoms with van der Waals surface area (Å²) in [5, 5.41) is 3.94. The maximum absolute atomic E-state index is 13.0. The minimum absolute atomic E-state index is 0.158. The van der Waals surface area contributed by atoms with E-state index in [0.717, 1.165) is 10.9 Å². The van der Waals surface area contributed by atoms with E-state index in [2.05, 4.69) is 10.3 Å². The second kappa shape index (κ2) is 7.88. The number of H-pyrrole nitrogens is 1. The Morgan fingerprint density at radius 1 is 1.17 bits per heavy atom. The van der Waals surface area contributed by atoms with Crippen molar-refractivity contribution in [1.29, 1.82) is 0 Å². The molecule has 0 bridgehead atoms. The fourth-order valence-electron chi connectivity index (χ4n) is 3.65. The predicted molar refractivity (Wildman–Crippen MR) is 111 cm³/mol. The van der Waals surface area contributed by atoms with Gasteiger partial charge >= 0.3 is 0 Å². The summed E-state index contributed by atoms with van der Waals surface area (Å²) < 4.78 is 32.5. The number of piperidine rings is 1. The quantitative estimate of drug-likeness (QED) is 0.672. The Balaban J connectivity index is 1.47. The van der Waals surface area contributed by atoms with Gasteiger partial charge in [0, 0.05) is 35.9 Å². The van der Waals surface area contributed by atoms with Gasteiger partial charge in [-0.15, -0.1) is 0 Å². The highest BCUT2D eigenvalue weighted by Gasteiger charge is 2.33. The van der Waals surface area contributed by atoms with Gasteiger partial charge in [0.1, 0.15) is 5.75 Å². The molecule has 2 N–H and O–H groups in total. The van der Waals surface area contributed by atoms with E-state index < -0.39 is 15.9 Å². The normalized spacial score (nSPS) is 17.9. The van der Waals surface area contributed by atoms with E-state index in [0.29, 0.717) is 30.8 Å². The lowest BCUT2D eigenvalue weighted by atomic mass is 9.98. The molecule has 1 amide bonds. The second-order valence-corrected chi connectivity index (χ2v) is 9.08. The largest absolute Gasteiger partial charge is 0.497 e. The number of sulfonamides is 1. The third-order valence-electron chi connectivity index (χ3n) is 5.27. The first kappa shape index (κ1) is 19.5. The van der Waals surface area contributed by atoms with E-state index in [1.807, 2.05) is 30.5 Å². The molecule has 1 aliphatic rings. The first-order chi connectivity index (χ1) is 14.0. The van der Waals surface area contributed by atoms with Gasteiger partial charge in [0.2, 0.25) is 15.9 Å². The van der Waals surface area contributed by atoms with Gasteiger partial charge in [0.05, 0.1) is 17.9 Å². The molecule has 0 unspecified atom stereocenters. The zero-order chi connectivity index (χ0) is 20.4. The van der Waals surface area contributed by atoms with Crippen LogP contribution in [0.3, 0.4) is 0 Å². The van der Waals surface area contributed by atoms with Crippen LogP contribution in [0.2, 0.25) is 0 Å². The van der Waals surface area contributed by atoms with Gasteiger partial charge in [-0.05, 0) is 61.4 Å². The summed E-state index contributed by atoms with van der Waals surface area (Å²) in [4.78, 5) is 16.1. The molecule has 2 heterocycles. The van der Waals surface area contributed by atoms with E-state index in [-0.39, 0.29) is 17.3 Å². The third-order valence-corrected chi connectivity index (χ3v) is 7.15. The van der Waals surface area contributed by atoms with Gasteiger partial charge in [-0.2, -0.15) is 4.31 Å².